The van der Waals surface area contributed by atoms with E-state index < -0.39 is 0 Å². The van der Waals surface area contributed by atoms with E-state index in [0.717, 1.165) is 17.7 Å². The molecule has 13 heavy (non-hydrogen) atoms. The molecule has 0 radical (unpaired) electrons. The van der Waals surface area contributed by atoms with Crippen molar-refractivity contribution in [3.05, 3.63) is 23.8 Å². The number of hydrogen-bond acceptors (Lipinski definition) is 5. The topological polar surface area (TPSA) is 69.6 Å². The quantitative estimate of drug-likeness (QED) is 0.676. The molecule has 2 heterocycles. The highest BCUT2D eigenvalue weighted by Gasteiger charge is 2.06. The molecule has 6 heteroatoms. The first-order valence-electron chi connectivity index (χ1n) is 4.03. The van der Waals surface area contributed by atoms with Gasteiger partial charge in [-0.05, 0) is 16.8 Å². The Labute approximate surface area is 74.5 Å². The van der Waals surface area contributed by atoms with E-state index in [4.69, 9.17) is 4.52 Å². The van der Waals surface area contributed by atoms with E-state index in [9.17, 15) is 0 Å². The van der Waals surface area contributed by atoms with Crippen LogP contribution in [0.3, 0.4) is 0 Å². The molecule has 0 saturated heterocycles. The van der Waals surface area contributed by atoms with Gasteiger partial charge < -0.3 is 4.52 Å². The molecule has 0 aliphatic heterocycles. The van der Waals surface area contributed by atoms with E-state index in [0.29, 0.717) is 6.54 Å². The smallest absolute Gasteiger partial charge is 0.138 e. The van der Waals surface area contributed by atoms with Crippen molar-refractivity contribution in [2.45, 2.75) is 19.9 Å². The number of aryl methyl sites for hydroxylation is 1. The summed E-state index contributed by atoms with van der Waals surface area (Å²) >= 11 is 0. The Morgan fingerprint density at radius 1 is 1.54 bits per heavy atom. The fourth-order valence-electron chi connectivity index (χ4n) is 1.10. The molecule has 0 unspecified atom stereocenters. The SMILES string of the molecule is CCc1conc1Cn1cnnn1. The Hall–Kier alpha value is -1.72. The lowest BCUT2D eigenvalue weighted by molar-refractivity contribution is 0.407. The first kappa shape index (κ1) is 7.90. The molecule has 0 saturated carbocycles. The molecular formula is C7H9N5O. The highest BCUT2D eigenvalue weighted by molar-refractivity contribution is 5.14. The Bertz CT molecular complexity index is 366. The minimum atomic E-state index is 0.562. The van der Waals surface area contributed by atoms with Crippen LogP contribution in [0, 0.1) is 0 Å². The first-order valence-corrected chi connectivity index (χ1v) is 4.03. The maximum absolute atomic E-state index is 4.85. The van der Waals surface area contributed by atoms with Crippen molar-refractivity contribution in [3.63, 3.8) is 0 Å². The lowest BCUT2D eigenvalue weighted by atomic mass is 10.2. The second kappa shape index (κ2) is 3.34. The molecule has 6 nitrogen and oxygen atoms in total. The van der Waals surface area contributed by atoms with Gasteiger partial charge >= 0.3 is 0 Å². The van der Waals surface area contributed by atoms with Gasteiger partial charge in [0.1, 0.15) is 18.3 Å². The summed E-state index contributed by atoms with van der Waals surface area (Å²) in [6.07, 6.45) is 4.11. The molecule has 0 N–H and O–H groups in total. The van der Waals surface area contributed by atoms with E-state index in [1.165, 1.54) is 0 Å². The van der Waals surface area contributed by atoms with E-state index in [-0.39, 0.29) is 0 Å². The van der Waals surface area contributed by atoms with Crippen LogP contribution in [0.1, 0.15) is 18.2 Å². The highest BCUT2D eigenvalue weighted by Crippen LogP contribution is 2.07. The standard InChI is InChI=1S/C7H9N5O/c1-2-6-4-13-9-7(6)3-12-5-8-10-11-12/h4-5H,2-3H2,1H3. The van der Waals surface area contributed by atoms with Crippen molar-refractivity contribution in [1.29, 1.82) is 0 Å². The largest absolute Gasteiger partial charge is 0.364 e. The molecule has 0 spiro atoms. The van der Waals surface area contributed by atoms with E-state index in [2.05, 4.69) is 27.6 Å². The van der Waals surface area contributed by atoms with Crippen molar-refractivity contribution in [2.75, 3.05) is 0 Å². The van der Waals surface area contributed by atoms with Crippen LogP contribution in [0.25, 0.3) is 0 Å². The van der Waals surface area contributed by atoms with Gasteiger partial charge in [0.25, 0.3) is 0 Å². The van der Waals surface area contributed by atoms with Crippen molar-refractivity contribution in [1.82, 2.24) is 25.4 Å². The van der Waals surface area contributed by atoms with Crippen molar-refractivity contribution >= 4 is 0 Å². The number of nitrogens with zero attached hydrogens (tertiary/aromatic N) is 5. The van der Waals surface area contributed by atoms with Crippen LogP contribution >= 0.6 is 0 Å². The molecule has 0 atom stereocenters. The molecule has 0 aliphatic carbocycles. The molecule has 0 aliphatic rings. The van der Waals surface area contributed by atoms with E-state index in [1.807, 2.05) is 0 Å². The first-order chi connectivity index (χ1) is 6.40. The average Bonchev–Trinajstić information content (AvgIpc) is 2.76. The third-order valence-corrected chi connectivity index (χ3v) is 1.81. The zero-order chi connectivity index (χ0) is 9.10. The van der Waals surface area contributed by atoms with Crippen molar-refractivity contribution in [3.8, 4) is 0 Å². The molecule has 0 fully saturated rings. The van der Waals surface area contributed by atoms with Gasteiger partial charge in [-0.15, -0.1) is 5.10 Å². The van der Waals surface area contributed by atoms with Gasteiger partial charge in [0.05, 0.1) is 6.54 Å². The molecule has 2 aromatic heterocycles. The zero-order valence-electron chi connectivity index (χ0n) is 7.21. The van der Waals surface area contributed by atoms with Crippen LogP contribution < -0.4 is 0 Å². The lowest BCUT2D eigenvalue weighted by Crippen LogP contribution is -2.02. The molecule has 2 aromatic rings. The molecule has 2 rings (SSSR count). The second-order valence-electron chi connectivity index (χ2n) is 2.65. The normalized spacial score (nSPS) is 10.5. The summed E-state index contributed by atoms with van der Waals surface area (Å²) < 4.78 is 6.46. The van der Waals surface area contributed by atoms with E-state index in [1.54, 1.807) is 17.3 Å². The minimum Gasteiger partial charge on any atom is -0.364 e. The summed E-state index contributed by atoms with van der Waals surface area (Å²) in [6.45, 7) is 2.61. The summed E-state index contributed by atoms with van der Waals surface area (Å²) in [6, 6.07) is 0. The Morgan fingerprint density at radius 3 is 3.15 bits per heavy atom. The van der Waals surface area contributed by atoms with Crippen LogP contribution in [0.2, 0.25) is 0 Å². The maximum Gasteiger partial charge on any atom is 0.138 e. The van der Waals surface area contributed by atoms with Crippen LogP contribution in [-0.2, 0) is 13.0 Å². The number of tetrazole rings is 1. The summed E-state index contributed by atoms with van der Waals surface area (Å²) in [7, 11) is 0. The average molecular weight is 179 g/mol. The van der Waals surface area contributed by atoms with Gasteiger partial charge in [-0.2, -0.15) is 0 Å². The van der Waals surface area contributed by atoms with Crippen LogP contribution in [0.4, 0.5) is 0 Å². The van der Waals surface area contributed by atoms with Gasteiger partial charge in [-0.3, -0.25) is 0 Å². The molecule has 0 aromatic carbocycles. The Morgan fingerprint density at radius 2 is 2.46 bits per heavy atom. The number of rotatable bonds is 3. The fourth-order valence-corrected chi connectivity index (χ4v) is 1.10. The monoisotopic (exact) mass is 179 g/mol. The predicted octanol–water partition coefficient (Wildman–Crippen LogP) is 0.272. The molecule has 0 amide bonds. The number of hydrogen-bond donors (Lipinski definition) is 0. The van der Waals surface area contributed by atoms with Crippen molar-refractivity contribution < 1.29 is 4.52 Å². The Kier molecular flexibility index (Phi) is 2.03. The minimum absolute atomic E-state index is 0.562. The maximum atomic E-state index is 4.85. The summed E-state index contributed by atoms with van der Waals surface area (Å²) in [5.74, 6) is 0. The summed E-state index contributed by atoms with van der Waals surface area (Å²) in [5.41, 5.74) is 1.98. The van der Waals surface area contributed by atoms with Gasteiger partial charge in [0.15, 0.2) is 0 Å². The summed E-state index contributed by atoms with van der Waals surface area (Å²) in [5, 5.41) is 14.7. The number of aromatic nitrogens is 5. The third-order valence-electron chi connectivity index (χ3n) is 1.81. The van der Waals surface area contributed by atoms with Gasteiger partial charge in [-0.1, -0.05) is 12.1 Å². The zero-order valence-corrected chi connectivity index (χ0v) is 7.21. The third kappa shape index (κ3) is 1.56. The van der Waals surface area contributed by atoms with Crippen molar-refractivity contribution in [2.24, 2.45) is 0 Å². The van der Waals surface area contributed by atoms with Crippen LogP contribution in [-0.4, -0.2) is 25.4 Å². The van der Waals surface area contributed by atoms with Crippen LogP contribution in [0.5, 0.6) is 0 Å². The fraction of sp³-hybridized carbons (Fsp3) is 0.429. The molecular weight excluding hydrogens is 170 g/mol. The van der Waals surface area contributed by atoms with E-state index >= 15 is 0 Å². The Balaban J connectivity index is 2.18. The molecule has 0 bridgehead atoms. The molecule has 68 valence electrons. The summed E-state index contributed by atoms with van der Waals surface area (Å²) in [4.78, 5) is 0. The van der Waals surface area contributed by atoms with Gasteiger partial charge in [-0.25, -0.2) is 4.68 Å². The second-order valence-corrected chi connectivity index (χ2v) is 2.65. The van der Waals surface area contributed by atoms with Gasteiger partial charge in [0.2, 0.25) is 0 Å². The van der Waals surface area contributed by atoms with Gasteiger partial charge in [0, 0.05) is 5.56 Å². The highest BCUT2D eigenvalue weighted by atomic mass is 16.5. The predicted molar refractivity (Wildman–Crippen MR) is 42.8 cm³/mol. The lowest BCUT2D eigenvalue weighted by Gasteiger charge is -1.95. The van der Waals surface area contributed by atoms with Crippen LogP contribution in [0.15, 0.2) is 17.1 Å².